The Hall–Kier alpha value is -1.69. The predicted molar refractivity (Wildman–Crippen MR) is 67.3 cm³/mol. The maximum atomic E-state index is 12.3. The SMILES string of the molecule is Cc1ccc(N2CC(CN)CC2=O)cc1OC(F)F. The average molecular weight is 270 g/mol. The first-order valence-electron chi connectivity index (χ1n) is 6.07. The smallest absolute Gasteiger partial charge is 0.387 e. The first kappa shape index (κ1) is 13.7. The van der Waals surface area contributed by atoms with Crippen molar-refractivity contribution >= 4 is 11.6 Å². The third-order valence-electron chi connectivity index (χ3n) is 3.24. The minimum atomic E-state index is -2.87. The average Bonchev–Trinajstić information content (AvgIpc) is 2.73. The lowest BCUT2D eigenvalue weighted by molar-refractivity contribution is -0.117. The van der Waals surface area contributed by atoms with E-state index in [0.717, 1.165) is 0 Å². The van der Waals surface area contributed by atoms with Gasteiger partial charge in [0, 0.05) is 24.7 Å². The third kappa shape index (κ3) is 3.01. The molecule has 2 rings (SSSR count). The van der Waals surface area contributed by atoms with Crippen LogP contribution in [0.3, 0.4) is 0 Å². The summed E-state index contributed by atoms with van der Waals surface area (Å²) in [5, 5.41) is 0. The zero-order chi connectivity index (χ0) is 14.0. The van der Waals surface area contributed by atoms with Gasteiger partial charge in [0.05, 0.1) is 0 Å². The van der Waals surface area contributed by atoms with Crippen molar-refractivity contribution in [2.75, 3.05) is 18.0 Å². The second-order valence-corrected chi connectivity index (χ2v) is 4.64. The molecule has 0 spiro atoms. The number of nitrogens with two attached hydrogens (primary N) is 1. The highest BCUT2D eigenvalue weighted by Crippen LogP contribution is 2.30. The van der Waals surface area contributed by atoms with E-state index in [-0.39, 0.29) is 17.6 Å². The number of hydrogen-bond donors (Lipinski definition) is 1. The predicted octanol–water partition coefficient (Wildman–Crippen LogP) is 1.91. The fraction of sp³-hybridized carbons (Fsp3) is 0.462. The van der Waals surface area contributed by atoms with E-state index in [4.69, 9.17) is 5.73 Å². The third-order valence-corrected chi connectivity index (χ3v) is 3.24. The van der Waals surface area contributed by atoms with Crippen LogP contribution in [-0.4, -0.2) is 25.6 Å². The maximum Gasteiger partial charge on any atom is 0.387 e. The molecule has 0 aromatic heterocycles. The van der Waals surface area contributed by atoms with E-state index in [1.807, 2.05) is 0 Å². The van der Waals surface area contributed by atoms with Crippen molar-refractivity contribution in [1.82, 2.24) is 0 Å². The molecule has 1 unspecified atom stereocenters. The van der Waals surface area contributed by atoms with Crippen LogP contribution < -0.4 is 15.4 Å². The molecule has 1 heterocycles. The van der Waals surface area contributed by atoms with Crippen molar-refractivity contribution in [1.29, 1.82) is 0 Å². The van der Waals surface area contributed by atoms with Crippen LogP contribution in [0.1, 0.15) is 12.0 Å². The van der Waals surface area contributed by atoms with Gasteiger partial charge in [-0.05, 0) is 31.0 Å². The molecule has 0 radical (unpaired) electrons. The van der Waals surface area contributed by atoms with Crippen molar-refractivity contribution in [3.05, 3.63) is 23.8 Å². The van der Waals surface area contributed by atoms with Crippen molar-refractivity contribution in [3.63, 3.8) is 0 Å². The summed E-state index contributed by atoms with van der Waals surface area (Å²) in [6, 6.07) is 4.86. The molecule has 6 heteroatoms. The second kappa shape index (κ2) is 5.52. The highest BCUT2D eigenvalue weighted by molar-refractivity contribution is 5.96. The number of alkyl halides is 2. The number of aryl methyl sites for hydroxylation is 1. The van der Waals surface area contributed by atoms with Gasteiger partial charge in [0.2, 0.25) is 5.91 Å². The first-order valence-corrected chi connectivity index (χ1v) is 6.07. The van der Waals surface area contributed by atoms with Crippen LogP contribution in [0, 0.1) is 12.8 Å². The maximum absolute atomic E-state index is 12.3. The van der Waals surface area contributed by atoms with Crippen LogP contribution in [0.2, 0.25) is 0 Å². The standard InChI is InChI=1S/C13H16F2N2O2/c1-8-2-3-10(5-11(8)19-13(14)15)17-7-9(6-16)4-12(17)18/h2-3,5,9,13H,4,6-7,16H2,1H3. The number of ether oxygens (including phenoxy) is 1. The fourth-order valence-corrected chi connectivity index (χ4v) is 2.17. The van der Waals surface area contributed by atoms with Gasteiger partial charge < -0.3 is 15.4 Å². The van der Waals surface area contributed by atoms with Crippen molar-refractivity contribution in [2.24, 2.45) is 11.7 Å². The van der Waals surface area contributed by atoms with Crippen LogP contribution in [0.5, 0.6) is 5.75 Å². The highest BCUT2D eigenvalue weighted by atomic mass is 19.3. The van der Waals surface area contributed by atoms with Crippen LogP contribution in [-0.2, 0) is 4.79 Å². The Morgan fingerprint density at radius 1 is 1.53 bits per heavy atom. The zero-order valence-corrected chi connectivity index (χ0v) is 10.6. The molecule has 1 saturated heterocycles. The van der Waals surface area contributed by atoms with E-state index in [9.17, 15) is 13.6 Å². The highest BCUT2D eigenvalue weighted by Gasteiger charge is 2.30. The number of carbonyl (C=O) groups excluding carboxylic acids is 1. The Morgan fingerprint density at radius 3 is 2.84 bits per heavy atom. The normalized spacial score (nSPS) is 19.3. The molecular formula is C13H16F2N2O2. The summed E-state index contributed by atoms with van der Waals surface area (Å²) in [6.45, 7) is -0.239. The molecule has 1 amide bonds. The number of amides is 1. The molecule has 1 aromatic rings. The number of anilines is 1. The van der Waals surface area contributed by atoms with Gasteiger partial charge >= 0.3 is 6.61 Å². The molecule has 2 N–H and O–H groups in total. The summed E-state index contributed by atoms with van der Waals surface area (Å²) >= 11 is 0. The Morgan fingerprint density at radius 2 is 2.26 bits per heavy atom. The van der Waals surface area contributed by atoms with E-state index in [0.29, 0.717) is 30.8 Å². The molecule has 4 nitrogen and oxygen atoms in total. The molecule has 1 aromatic carbocycles. The Kier molecular flexibility index (Phi) is 3.99. The van der Waals surface area contributed by atoms with Crippen LogP contribution in [0.15, 0.2) is 18.2 Å². The Labute approximate surface area is 110 Å². The molecule has 1 aliphatic heterocycles. The summed E-state index contributed by atoms with van der Waals surface area (Å²) in [5.74, 6) is 0.173. The van der Waals surface area contributed by atoms with E-state index < -0.39 is 6.61 Å². The molecule has 1 atom stereocenters. The van der Waals surface area contributed by atoms with Gasteiger partial charge in [-0.25, -0.2) is 0 Å². The van der Waals surface area contributed by atoms with Crippen LogP contribution in [0.25, 0.3) is 0 Å². The lowest BCUT2D eigenvalue weighted by Crippen LogP contribution is -2.25. The van der Waals surface area contributed by atoms with E-state index in [1.54, 1.807) is 24.0 Å². The lowest BCUT2D eigenvalue weighted by Gasteiger charge is -2.18. The molecule has 0 bridgehead atoms. The van der Waals surface area contributed by atoms with Gasteiger partial charge in [0.25, 0.3) is 0 Å². The summed E-state index contributed by atoms with van der Waals surface area (Å²) in [5.41, 5.74) is 6.73. The van der Waals surface area contributed by atoms with Gasteiger partial charge in [-0.2, -0.15) is 8.78 Å². The summed E-state index contributed by atoms with van der Waals surface area (Å²) in [4.78, 5) is 13.4. The van der Waals surface area contributed by atoms with Crippen LogP contribution >= 0.6 is 0 Å². The molecule has 19 heavy (non-hydrogen) atoms. The number of halogens is 2. The quantitative estimate of drug-likeness (QED) is 0.909. The molecule has 104 valence electrons. The number of benzene rings is 1. The summed E-state index contributed by atoms with van der Waals surface area (Å²) < 4.78 is 29.0. The molecule has 0 aliphatic carbocycles. The van der Waals surface area contributed by atoms with E-state index in [2.05, 4.69) is 4.74 Å². The minimum absolute atomic E-state index is 0.0395. The number of rotatable bonds is 4. The fourth-order valence-electron chi connectivity index (χ4n) is 2.17. The van der Waals surface area contributed by atoms with Crippen LogP contribution in [0.4, 0.5) is 14.5 Å². The summed E-state index contributed by atoms with van der Waals surface area (Å²) in [7, 11) is 0. The topological polar surface area (TPSA) is 55.6 Å². The number of carbonyl (C=O) groups is 1. The van der Waals surface area contributed by atoms with Crippen molar-refractivity contribution < 1.29 is 18.3 Å². The van der Waals surface area contributed by atoms with Gasteiger partial charge in [-0.1, -0.05) is 6.07 Å². The number of nitrogens with zero attached hydrogens (tertiary/aromatic N) is 1. The van der Waals surface area contributed by atoms with Gasteiger partial charge in [-0.15, -0.1) is 0 Å². The number of hydrogen-bond acceptors (Lipinski definition) is 3. The second-order valence-electron chi connectivity index (χ2n) is 4.64. The zero-order valence-electron chi connectivity index (χ0n) is 10.6. The Balaban J connectivity index is 2.23. The van der Waals surface area contributed by atoms with Gasteiger partial charge in [-0.3, -0.25) is 4.79 Å². The van der Waals surface area contributed by atoms with Crippen molar-refractivity contribution in [2.45, 2.75) is 20.0 Å². The van der Waals surface area contributed by atoms with Crippen molar-refractivity contribution in [3.8, 4) is 5.75 Å². The lowest BCUT2D eigenvalue weighted by atomic mass is 10.1. The molecule has 1 aliphatic rings. The molecule has 1 fully saturated rings. The van der Waals surface area contributed by atoms with E-state index in [1.165, 1.54) is 6.07 Å². The molecular weight excluding hydrogens is 254 g/mol. The summed E-state index contributed by atoms with van der Waals surface area (Å²) in [6.07, 6.45) is 0.398. The minimum Gasteiger partial charge on any atom is -0.434 e. The largest absolute Gasteiger partial charge is 0.434 e. The molecule has 0 saturated carbocycles. The van der Waals surface area contributed by atoms with E-state index >= 15 is 0 Å². The Bertz CT molecular complexity index is 480. The van der Waals surface area contributed by atoms with Gasteiger partial charge in [0.15, 0.2) is 0 Å². The monoisotopic (exact) mass is 270 g/mol. The first-order chi connectivity index (χ1) is 9.01. The van der Waals surface area contributed by atoms with Gasteiger partial charge in [0.1, 0.15) is 5.75 Å².